The van der Waals surface area contributed by atoms with E-state index in [0.29, 0.717) is 12.3 Å². The van der Waals surface area contributed by atoms with Crippen molar-refractivity contribution in [2.45, 2.75) is 32.7 Å². The summed E-state index contributed by atoms with van der Waals surface area (Å²) in [6.45, 7) is 4.55. The minimum Gasteiger partial charge on any atom is -0.494 e. The van der Waals surface area contributed by atoms with E-state index in [1.54, 1.807) is 24.3 Å². The lowest BCUT2D eigenvalue weighted by atomic mass is 10.1. The van der Waals surface area contributed by atoms with Gasteiger partial charge in [0.05, 0.1) is 18.7 Å². The highest BCUT2D eigenvalue weighted by molar-refractivity contribution is 6.23. The van der Waals surface area contributed by atoms with Crippen LogP contribution in [0.25, 0.3) is 0 Å². The minimum absolute atomic E-state index is 0.157. The third kappa shape index (κ3) is 3.50. The van der Waals surface area contributed by atoms with E-state index in [1.807, 2.05) is 31.2 Å². The average Bonchev–Trinajstić information content (AvgIpc) is 2.90. The zero-order valence-electron chi connectivity index (χ0n) is 14.5. The Morgan fingerprint density at radius 1 is 1.08 bits per heavy atom. The van der Waals surface area contributed by atoms with Gasteiger partial charge in [-0.05, 0) is 49.2 Å². The van der Waals surface area contributed by atoms with E-state index in [0.717, 1.165) is 23.4 Å². The molecule has 0 radical (unpaired) electrons. The summed E-state index contributed by atoms with van der Waals surface area (Å²) in [6.07, 6.45) is 1.02. The molecule has 0 saturated carbocycles. The normalized spacial score (nSPS) is 17.0. The molecular formula is C20H22N2O3. The summed E-state index contributed by atoms with van der Waals surface area (Å²) in [5, 5.41) is 3.24. The van der Waals surface area contributed by atoms with E-state index < -0.39 is 6.04 Å². The highest BCUT2D eigenvalue weighted by atomic mass is 16.5. The number of aryl methyl sites for hydroxylation is 1. The van der Waals surface area contributed by atoms with Crippen LogP contribution in [0.1, 0.15) is 25.8 Å². The number of amides is 2. The molecule has 1 N–H and O–H groups in total. The van der Waals surface area contributed by atoms with E-state index in [2.05, 4.69) is 12.2 Å². The Hall–Kier alpha value is -2.82. The van der Waals surface area contributed by atoms with E-state index in [1.165, 1.54) is 4.90 Å². The number of rotatable bonds is 6. The van der Waals surface area contributed by atoms with Crippen LogP contribution in [0.3, 0.4) is 0 Å². The van der Waals surface area contributed by atoms with Crippen LogP contribution in [0.4, 0.5) is 11.4 Å². The van der Waals surface area contributed by atoms with E-state index in [9.17, 15) is 9.59 Å². The number of nitrogens with zero attached hydrogens (tertiary/aromatic N) is 1. The highest BCUT2D eigenvalue weighted by Crippen LogP contribution is 2.27. The van der Waals surface area contributed by atoms with Crippen molar-refractivity contribution in [3.8, 4) is 5.75 Å². The van der Waals surface area contributed by atoms with Crippen molar-refractivity contribution in [1.82, 2.24) is 0 Å². The molecule has 0 aromatic heterocycles. The fourth-order valence-corrected chi connectivity index (χ4v) is 3.03. The van der Waals surface area contributed by atoms with Gasteiger partial charge in [0.15, 0.2) is 0 Å². The molecule has 0 spiro atoms. The number of carbonyl (C=O) groups excluding carboxylic acids is 2. The van der Waals surface area contributed by atoms with Gasteiger partial charge in [-0.3, -0.25) is 9.59 Å². The molecule has 1 saturated heterocycles. The molecule has 2 aromatic rings. The second-order valence-corrected chi connectivity index (χ2v) is 5.91. The molecule has 0 aliphatic carbocycles. The highest BCUT2D eigenvalue weighted by Gasteiger charge is 2.39. The van der Waals surface area contributed by atoms with Crippen molar-refractivity contribution in [2.75, 3.05) is 16.8 Å². The van der Waals surface area contributed by atoms with Gasteiger partial charge in [0.25, 0.3) is 5.91 Å². The van der Waals surface area contributed by atoms with Crippen LogP contribution in [-0.2, 0) is 16.0 Å². The number of hydrogen-bond acceptors (Lipinski definition) is 4. The molecule has 5 nitrogen and oxygen atoms in total. The first-order valence-electron chi connectivity index (χ1n) is 8.58. The van der Waals surface area contributed by atoms with Gasteiger partial charge in [-0.15, -0.1) is 0 Å². The molecule has 130 valence electrons. The number of ether oxygens (including phenoxy) is 1. The zero-order valence-corrected chi connectivity index (χ0v) is 14.5. The molecule has 0 bridgehead atoms. The van der Waals surface area contributed by atoms with Gasteiger partial charge in [0.1, 0.15) is 11.8 Å². The van der Waals surface area contributed by atoms with E-state index in [-0.39, 0.29) is 18.2 Å². The predicted octanol–water partition coefficient (Wildman–Crippen LogP) is 3.39. The second kappa shape index (κ2) is 7.38. The summed E-state index contributed by atoms with van der Waals surface area (Å²) in [6, 6.07) is 14.3. The van der Waals surface area contributed by atoms with Gasteiger partial charge in [-0.2, -0.15) is 0 Å². The number of para-hydroxylation sites is 1. The Labute approximate surface area is 147 Å². The zero-order chi connectivity index (χ0) is 17.8. The Balaban J connectivity index is 1.78. The standard InChI is InChI=1S/C20H22N2O3/c1-3-14-7-5-6-8-17(14)21-18-13-19(23)22(20(18)24)15-9-11-16(12-10-15)25-4-2/h5-12,18,21H,3-4,13H2,1-2H3/t18-/m1/s1. The maximum Gasteiger partial charge on any atom is 0.256 e. The van der Waals surface area contributed by atoms with Crippen molar-refractivity contribution in [2.24, 2.45) is 0 Å². The Kier molecular flexibility index (Phi) is 5.03. The number of benzene rings is 2. The third-order valence-electron chi connectivity index (χ3n) is 4.28. The molecule has 1 aliphatic rings. The lowest BCUT2D eigenvalue weighted by Gasteiger charge is -2.17. The SMILES string of the molecule is CCOc1ccc(N2C(=O)C[C@@H](Nc3ccccc3CC)C2=O)cc1. The minimum atomic E-state index is -0.535. The maximum atomic E-state index is 12.7. The van der Waals surface area contributed by atoms with Gasteiger partial charge in [-0.1, -0.05) is 25.1 Å². The summed E-state index contributed by atoms with van der Waals surface area (Å²) in [7, 11) is 0. The summed E-state index contributed by atoms with van der Waals surface area (Å²) in [5.74, 6) is 0.303. The first-order valence-corrected chi connectivity index (χ1v) is 8.58. The van der Waals surface area contributed by atoms with Crippen molar-refractivity contribution in [3.05, 3.63) is 54.1 Å². The number of anilines is 2. The molecule has 1 atom stereocenters. The first kappa shape index (κ1) is 17.0. The van der Waals surface area contributed by atoms with Gasteiger partial charge in [-0.25, -0.2) is 4.90 Å². The predicted molar refractivity (Wildman–Crippen MR) is 98.0 cm³/mol. The quantitative estimate of drug-likeness (QED) is 0.820. The fourth-order valence-electron chi connectivity index (χ4n) is 3.03. The molecule has 1 heterocycles. The maximum absolute atomic E-state index is 12.7. The number of imide groups is 1. The van der Waals surface area contributed by atoms with Crippen LogP contribution >= 0.6 is 0 Å². The van der Waals surface area contributed by atoms with Crippen molar-refractivity contribution < 1.29 is 14.3 Å². The smallest absolute Gasteiger partial charge is 0.256 e. The summed E-state index contributed by atoms with van der Waals surface area (Å²) in [5.41, 5.74) is 2.61. The molecule has 5 heteroatoms. The summed E-state index contributed by atoms with van der Waals surface area (Å²) in [4.78, 5) is 26.4. The average molecular weight is 338 g/mol. The molecule has 1 aliphatic heterocycles. The van der Waals surface area contributed by atoms with Gasteiger partial charge >= 0.3 is 0 Å². The lowest BCUT2D eigenvalue weighted by molar-refractivity contribution is -0.121. The summed E-state index contributed by atoms with van der Waals surface area (Å²) >= 11 is 0. The Morgan fingerprint density at radius 2 is 1.80 bits per heavy atom. The lowest BCUT2D eigenvalue weighted by Crippen LogP contribution is -2.34. The Bertz CT molecular complexity index is 771. The topological polar surface area (TPSA) is 58.6 Å². The van der Waals surface area contributed by atoms with Gasteiger partial charge in [0, 0.05) is 5.69 Å². The monoisotopic (exact) mass is 338 g/mol. The number of nitrogens with one attached hydrogen (secondary N) is 1. The first-order chi connectivity index (χ1) is 12.1. The molecule has 25 heavy (non-hydrogen) atoms. The van der Waals surface area contributed by atoms with Gasteiger partial charge < -0.3 is 10.1 Å². The molecule has 2 amide bonds. The van der Waals surface area contributed by atoms with Crippen molar-refractivity contribution in [1.29, 1.82) is 0 Å². The third-order valence-corrected chi connectivity index (χ3v) is 4.28. The van der Waals surface area contributed by atoms with Gasteiger partial charge in [0.2, 0.25) is 5.91 Å². The molecule has 2 aromatic carbocycles. The number of carbonyl (C=O) groups is 2. The second-order valence-electron chi connectivity index (χ2n) is 5.91. The molecular weight excluding hydrogens is 316 g/mol. The van der Waals surface area contributed by atoms with Crippen LogP contribution in [0, 0.1) is 0 Å². The summed E-state index contributed by atoms with van der Waals surface area (Å²) < 4.78 is 5.40. The fraction of sp³-hybridized carbons (Fsp3) is 0.300. The largest absolute Gasteiger partial charge is 0.494 e. The van der Waals surface area contributed by atoms with Crippen LogP contribution in [0.15, 0.2) is 48.5 Å². The molecule has 0 unspecified atom stereocenters. The van der Waals surface area contributed by atoms with Crippen LogP contribution in [-0.4, -0.2) is 24.5 Å². The van der Waals surface area contributed by atoms with Crippen LogP contribution < -0.4 is 15.0 Å². The molecule has 1 fully saturated rings. The van der Waals surface area contributed by atoms with Crippen molar-refractivity contribution >= 4 is 23.2 Å². The van der Waals surface area contributed by atoms with E-state index >= 15 is 0 Å². The molecule has 3 rings (SSSR count). The van der Waals surface area contributed by atoms with Crippen molar-refractivity contribution in [3.63, 3.8) is 0 Å². The van der Waals surface area contributed by atoms with Crippen LogP contribution in [0.5, 0.6) is 5.75 Å². The van der Waals surface area contributed by atoms with E-state index in [4.69, 9.17) is 4.74 Å². The Morgan fingerprint density at radius 3 is 2.48 bits per heavy atom. The van der Waals surface area contributed by atoms with Crippen LogP contribution in [0.2, 0.25) is 0 Å². The number of hydrogen-bond donors (Lipinski definition) is 1.